The molecule has 0 saturated heterocycles. The second-order valence-corrected chi connectivity index (χ2v) is 2.41. The molecule has 0 saturated carbocycles. The van der Waals surface area contributed by atoms with Gasteiger partial charge >= 0.3 is 0 Å². The van der Waals surface area contributed by atoms with Crippen LogP contribution >= 0.6 is 0 Å². The largest absolute Gasteiger partial charge is 0.384 e. The molecule has 0 aliphatic carbocycles. The van der Waals surface area contributed by atoms with Crippen LogP contribution in [0.2, 0.25) is 0 Å². The maximum absolute atomic E-state index is 5.57. The normalized spacial score (nSPS) is 10.8. The summed E-state index contributed by atoms with van der Waals surface area (Å²) < 4.78 is 0. The average Bonchev–Trinajstić information content (AvgIpc) is 2.47. The highest BCUT2D eigenvalue weighted by Crippen LogP contribution is 2.14. The minimum Gasteiger partial charge on any atom is -0.384 e. The lowest BCUT2D eigenvalue weighted by Crippen LogP contribution is -2.00. The molecule has 0 aliphatic heterocycles. The van der Waals surface area contributed by atoms with Crippen LogP contribution in [0, 0.1) is 0 Å². The van der Waals surface area contributed by atoms with Crippen LogP contribution in [0.4, 0.5) is 5.82 Å². The molecule has 0 amide bonds. The third kappa shape index (κ3) is 0.892. The number of aromatic nitrogens is 4. The molecule has 0 atom stereocenters. The fourth-order valence-corrected chi connectivity index (χ4v) is 0.979. The molecular weight excluding hydrogens is 156 g/mol. The van der Waals surface area contributed by atoms with Gasteiger partial charge in [-0.25, -0.2) is 0 Å². The van der Waals surface area contributed by atoms with Crippen LogP contribution in [0.5, 0.6) is 0 Å². The molecule has 0 unspecified atom stereocenters. The number of hydrogen-bond donors (Lipinski definition) is 3. The summed E-state index contributed by atoms with van der Waals surface area (Å²) in [6, 6.07) is 1.78. The number of rotatable bonds is 1. The first-order valence-electron chi connectivity index (χ1n) is 3.47. The molecule has 2 rings (SSSR count). The Bertz CT molecular complexity index is 405. The Kier molecular flexibility index (Phi) is 1.41. The number of H-pyrrole nitrogens is 1. The molecule has 6 heteroatoms. The number of nitrogens with zero attached hydrogens (tertiary/aromatic N) is 3. The van der Waals surface area contributed by atoms with Gasteiger partial charge in [0.05, 0.1) is 11.1 Å². The number of nitrogens with two attached hydrogens (primary N) is 2. The number of anilines is 1. The van der Waals surface area contributed by atoms with Gasteiger partial charge in [-0.3, -0.25) is 5.10 Å². The van der Waals surface area contributed by atoms with Gasteiger partial charge < -0.3 is 11.5 Å². The van der Waals surface area contributed by atoms with E-state index in [1.54, 1.807) is 6.07 Å². The van der Waals surface area contributed by atoms with Crippen LogP contribution in [0.1, 0.15) is 5.69 Å². The van der Waals surface area contributed by atoms with Gasteiger partial charge in [-0.15, -0.1) is 5.10 Å². The maximum atomic E-state index is 5.57. The molecule has 5 N–H and O–H groups in total. The Labute approximate surface area is 68.0 Å². The highest BCUT2D eigenvalue weighted by Gasteiger charge is 2.04. The van der Waals surface area contributed by atoms with Crippen molar-refractivity contribution in [1.29, 1.82) is 0 Å². The van der Waals surface area contributed by atoms with Crippen LogP contribution in [0.15, 0.2) is 6.07 Å². The van der Waals surface area contributed by atoms with Crippen molar-refractivity contribution in [1.82, 2.24) is 20.4 Å². The quantitative estimate of drug-likeness (QED) is 0.521. The van der Waals surface area contributed by atoms with E-state index in [2.05, 4.69) is 20.4 Å². The first-order valence-corrected chi connectivity index (χ1v) is 3.47. The number of hydrogen-bond acceptors (Lipinski definition) is 5. The van der Waals surface area contributed by atoms with Gasteiger partial charge in [0.25, 0.3) is 0 Å². The van der Waals surface area contributed by atoms with Gasteiger partial charge in [0, 0.05) is 6.54 Å². The van der Waals surface area contributed by atoms with Crippen molar-refractivity contribution in [2.24, 2.45) is 5.73 Å². The summed E-state index contributed by atoms with van der Waals surface area (Å²) in [6.45, 7) is 0.355. The van der Waals surface area contributed by atoms with Gasteiger partial charge in [-0.05, 0) is 6.07 Å². The molecule has 2 aromatic rings. The number of nitrogen functional groups attached to an aromatic ring is 1. The van der Waals surface area contributed by atoms with Crippen LogP contribution in [0.3, 0.4) is 0 Å². The maximum Gasteiger partial charge on any atom is 0.204 e. The molecule has 0 fully saturated rings. The minimum atomic E-state index is 0.355. The molecular formula is C6H8N6. The lowest BCUT2D eigenvalue weighted by Gasteiger charge is -1.92. The lowest BCUT2D eigenvalue weighted by atomic mass is 10.3. The van der Waals surface area contributed by atoms with E-state index in [1.165, 1.54) is 0 Å². The molecule has 0 spiro atoms. The van der Waals surface area contributed by atoms with E-state index in [0.717, 1.165) is 5.39 Å². The molecule has 6 nitrogen and oxygen atoms in total. The van der Waals surface area contributed by atoms with E-state index < -0.39 is 0 Å². The van der Waals surface area contributed by atoms with Gasteiger partial charge in [0.2, 0.25) is 5.65 Å². The fraction of sp³-hybridized carbons (Fsp3) is 0.167. The second kappa shape index (κ2) is 2.42. The Morgan fingerprint density at radius 2 is 2.25 bits per heavy atom. The molecule has 62 valence electrons. The molecule has 0 bridgehead atoms. The third-order valence-electron chi connectivity index (χ3n) is 1.61. The number of aromatic amines is 1. The number of nitrogens with one attached hydrogen (secondary N) is 1. The summed E-state index contributed by atoms with van der Waals surface area (Å²) in [4.78, 5) is 0. The van der Waals surface area contributed by atoms with Crippen LogP contribution in [-0.4, -0.2) is 20.4 Å². The van der Waals surface area contributed by atoms with E-state index >= 15 is 0 Å². The summed E-state index contributed by atoms with van der Waals surface area (Å²) >= 11 is 0. The van der Waals surface area contributed by atoms with Crippen molar-refractivity contribution in [3.8, 4) is 0 Å². The number of fused-ring (bicyclic) bond motifs is 1. The predicted molar refractivity (Wildman–Crippen MR) is 44.0 cm³/mol. The summed E-state index contributed by atoms with van der Waals surface area (Å²) in [6.07, 6.45) is 0. The van der Waals surface area contributed by atoms with Gasteiger partial charge in [0.15, 0.2) is 0 Å². The zero-order valence-corrected chi connectivity index (χ0v) is 6.28. The molecule has 0 aliphatic rings. The minimum absolute atomic E-state index is 0.355. The predicted octanol–water partition coefficient (Wildman–Crippen LogP) is -0.606. The molecule has 0 aromatic carbocycles. The fourth-order valence-electron chi connectivity index (χ4n) is 0.979. The lowest BCUT2D eigenvalue weighted by molar-refractivity contribution is 0.911. The van der Waals surface area contributed by atoms with E-state index in [-0.39, 0.29) is 0 Å². The SMILES string of the molecule is NCc1cc2c(N)[nH]nc2nn1. The van der Waals surface area contributed by atoms with Crippen molar-refractivity contribution in [3.63, 3.8) is 0 Å². The topological polar surface area (TPSA) is 106 Å². The van der Waals surface area contributed by atoms with Crippen molar-refractivity contribution < 1.29 is 0 Å². The third-order valence-corrected chi connectivity index (χ3v) is 1.61. The molecule has 0 radical (unpaired) electrons. The standard InChI is InChI=1S/C6H8N6/c7-2-3-1-4-5(8)10-12-6(4)11-9-3/h1H,2,7H2,(H3,8,10,11,12). The smallest absolute Gasteiger partial charge is 0.204 e. The highest BCUT2D eigenvalue weighted by atomic mass is 15.2. The highest BCUT2D eigenvalue weighted by molar-refractivity contribution is 5.85. The van der Waals surface area contributed by atoms with E-state index in [4.69, 9.17) is 11.5 Å². The van der Waals surface area contributed by atoms with Gasteiger partial charge in [-0.1, -0.05) is 0 Å². The monoisotopic (exact) mass is 164 g/mol. The van der Waals surface area contributed by atoms with Crippen LogP contribution in [0.25, 0.3) is 11.0 Å². The van der Waals surface area contributed by atoms with Crippen LogP contribution < -0.4 is 11.5 Å². The summed E-state index contributed by atoms with van der Waals surface area (Å²) in [5, 5.41) is 14.9. The second-order valence-electron chi connectivity index (χ2n) is 2.41. The first-order chi connectivity index (χ1) is 5.81. The van der Waals surface area contributed by atoms with Crippen molar-refractivity contribution >= 4 is 16.9 Å². The Balaban J connectivity index is 2.71. The van der Waals surface area contributed by atoms with Gasteiger partial charge in [0.1, 0.15) is 5.82 Å². The van der Waals surface area contributed by atoms with Crippen molar-refractivity contribution in [3.05, 3.63) is 11.8 Å². The first kappa shape index (κ1) is 6.99. The molecule has 12 heavy (non-hydrogen) atoms. The van der Waals surface area contributed by atoms with Crippen molar-refractivity contribution in [2.45, 2.75) is 6.54 Å². The van der Waals surface area contributed by atoms with Crippen molar-refractivity contribution in [2.75, 3.05) is 5.73 Å². The van der Waals surface area contributed by atoms with E-state index in [9.17, 15) is 0 Å². The van der Waals surface area contributed by atoms with Gasteiger partial charge in [-0.2, -0.15) is 10.2 Å². The summed E-state index contributed by atoms with van der Waals surface area (Å²) in [7, 11) is 0. The average molecular weight is 164 g/mol. The molecule has 2 heterocycles. The summed E-state index contributed by atoms with van der Waals surface area (Å²) in [5.41, 5.74) is 12.2. The zero-order valence-electron chi connectivity index (χ0n) is 6.28. The Hall–Kier alpha value is -1.69. The van der Waals surface area contributed by atoms with E-state index in [1.807, 2.05) is 0 Å². The van der Waals surface area contributed by atoms with Crippen LogP contribution in [-0.2, 0) is 6.54 Å². The summed E-state index contributed by atoms with van der Waals surface area (Å²) in [5.74, 6) is 0.495. The zero-order chi connectivity index (χ0) is 8.55. The Morgan fingerprint density at radius 1 is 1.42 bits per heavy atom. The van der Waals surface area contributed by atoms with E-state index in [0.29, 0.717) is 23.7 Å². The Morgan fingerprint density at radius 3 is 3.00 bits per heavy atom. The molecule has 2 aromatic heterocycles.